The molecular formula is C27H31ClF3N3O4S. The third-order valence-corrected chi connectivity index (χ3v) is 7.92. The third-order valence-electron chi connectivity index (χ3n) is 6.43. The molecule has 0 radical (unpaired) electrons. The van der Waals surface area contributed by atoms with Crippen molar-refractivity contribution in [2.45, 2.75) is 64.2 Å². The maximum absolute atomic E-state index is 13.6. The van der Waals surface area contributed by atoms with E-state index in [2.05, 4.69) is 10.6 Å². The van der Waals surface area contributed by atoms with E-state index < -0.39 is 62.8 Å². The molecule has 2 unspecified atom stereocenters. The van der Waals surface area contributed by atoms with Crippen molar-refractivity contribution >= 4 is 51.5 Å². The van der Waals surface area contributed by atoms with Crippen LogP contribution in [-0.4, -0.2) is 45.5 Å². The van der Waals surface area contributed by atoms with Crippen molar-refractivity contribution in [3.05, 3.63) is 58.6 Å². The van der Waals surface area contributed by atoms with Crippen molar-refractivity contribution in [3.63, 3.8) is 0 Å². The van der Waals surface area contributed by atoms with Gasteiger partial charge in [0.15, 0.2) is 0 Å². The Morgan fingerprint density at radius 3 is 2.31 bits per heavy atom. The molecule has 212 valence electrons. The number of rotatable bonds is 9. The Morgan fingerprint density at radius 1 is 1.05 bits per heavy atom. The topological polar surface area (TPSA) is 95.6 Å². The van der Waals surface area contributed by atoms with Crippen molar-refractivity contribution in [3.8, 4) is 0 Å². The maximum Gasteiger partial charge on any atom is 0.417 e. The van der Waals surface area contributed by atoms with Gasteiger partial charge in [-0.2, -0.15) is 13.2 Å². The molecule has 1 aliphatic rings. The monoisotopic (exact) mass is 585 g/mol. The highest BCUT2D eigenvalue weighted by Crippen LogP contribution is 2.37. The van der Waals surface area contributed by atoms with Gasteiger partial charge in [0.25, 0.3) is 0 Å². The first-order valence-electron chi connectivity index (χ1n) is 12.6. The minimum atomic E-state index is -4.80. The lowest BCUT2D eigenvalue weighted by molar-refractivity contribution is -0.137. The van der Waals surface area contributed by atoms with Crippen LogP contribution in [0.3, 0.4) is 0 Å². The summed E-state index contributed by atoms with van der Waals surface area (Å²) in [6, 6.07) is 8.51. The van der Waals surface area contributed by atoms with Crippen LogP contribution < -0.4 is 15.5 Å². The highest BCUT2D eigenvalue weighted by Gasteiger charge is 2.36. The van der Waals surface area contributed by atoms with Crippen LogP contribution >= 0.6 is 11.6 Å². The molecular weight excluding hydrogens is 555 g/mol. The summed E-state index contributed by atoms with van der Waals surface area (Å²) < 4.78 is 53.4. The Kier molecular flexibility index (Phi) is 10.5. The zero-order valence-corrected chi connectivity index (χ0v) is 23.2. The van der Waals surface area contributed by atoms with Crippen LogP contribution in [0.2, 0.25) is 5.02 Å². The SMILES string of the molecule is Cc1ccc(NC(=O)CS(=O)CC(=O)N(c2ccc(Cl)c(C(F)(F)F)c2)C(C)C(=O)NC2CCCCC2)cc1. The van der Waals surface area contributed by atoms with Gasteiger partial charge in [-0.05, 0) is 57.0 Å². The average Bonchev–Trinajstić information content (AvgIpc) is 2.86. The largest absolute Gasteiger partial charge is 0.417 e. The summed E-state index contributed by atoms with van der Waals surface area (Å²) in [5, 5.41) is 4.91. The minimum absolute atomic E-state index is 0.0961. The second-order valence-corrected chi connectivity index (χ2v) is 11.5. The molecule has 0 bridgehead atoms. The van der Waals surface area contributed by atoms with Gasteiger partial charge >= 0.3 is 6.18 Å². The van der Waals surface area contributed by atoms with Crippen molar-refractivity contribution in [2.24, 2.45) is 0 Å². The Hall–Kier alpha value is -2.92. The molecule has 0 spiro atoms. The number of hydrogen-bond acceptors (Lipinski definition) is 4. The number of amides is 3. The molecule has 2 atom stereocenters. The summed E-state index contributed by atoms with van der Waals surface area (Å²) in [7, 11) is -2.00. The first-order valence-corrected chi connectivity index (χ1v) is 14.4. The van der Waals surface area contributed by atoms with Crippen LogP contribution in [0.5, 0.6) is 0 Å². The smallest absolute Gasteiger partial charge is 0.352 e. The van der Waals surface area contributed by atoms with E-state index in [0.29, 0.717) is 11.8 Å². The van der Waals surface area contributed by atoms with E-state index in [-0.39, 0.29) is 11.7 Å². The standard InChI is InChI=1S/C27H31ClF3N3O4S/c1-17-8-10-20(11-9-17)32-24(35)15-39(38)16-25(36)34(18(2)26(37)33-19-6-4-3-5-7-19)21-12-13-23(28)22(14-21)27(29,30)31/h8-14,18-19H,3-7,15-16H2,1-2H3,(H,32,35)(H,33,37). The molecule has 1 aliphatic carbocycles. The quantitative estimate of drug-likeness (QED) is 0.421. The fraction of sp³-hybridized carbons (Fsp3) is 0.444. The fourth-order valence-electron chi connectivity index (χ4n) is 4.39. The molecule has 2 aromatic carbocycles. The number of aryl methyl sites for hydroxylation is 1. The summed E-state index contributed by atoms with van der Waals surface area (Å²) in [6.07, 6.45) is -0.319. The molecule has 0 aliphatic heterocycles. The highest BCUT2D eigenvalue weighted by atomic mass is 35.5. The second kappa shape index (κ2) is 13.4. The van der Waals surface area contributed by atoms with E-state index >= 15 is 0 Å². The van der Waals surface area contributed by atoms with Crippen LogP contribution in [0.4, 0.5) is 24.5 Å². The summed E-state index contributed by atoms with van der Waals surface area (Å²) >= 11 is 5.76. The predicted molar refractivity (Wildman–Crippen MR) is 146 cm³/mol. The highest BCUT2D eigenvalue weighted by molar-refractivity contribution is 7.86. The number of carbonyl (C=O) groups is 3. The van der Waals surface area contributed by atoms with Gasteiger partial charge in [-0.15, -0.1) is 0 Å². The van der Waals surface area contributed by atoms with E-state index in [1.807, 2.05) is 6.92 Å². The van der Waals surface area contributed by atoms with E-state index in [9.17, 15) is 31.8 Å². The van der Waals surface area contributed by atoms with E-state index in [1.54, 1.807) is 24.3 Å². The lowest BCUT2D eigenvalue weighted by Gasteiger charge is -2.31. The molecule has 3 rings (SSSR count). The fourth-order valence-corrected chi connectivity index (χ4v) is 5.49. The second-order valence-electron chi connectivity index (χ2n) is 9.59. The molecule has 2 aromatic rings. The molecule has 1 saturated carbocycles. The van der Waals surface area contributed by atoms with Gasteiger partial charge in [0.1, 0.15) is 17.5 Å². The normalized spacial score (nSPS) is 15.7. The van der Waals surface area contributed by atoms with Gasteiger partial charge in [0.05, 0.1) is 10.6 Å². The van der Waals surface area contributed by atoms with Crippen molar-refractivity contribution < 1.29 is 31.8 Å². The minimum Gasteiger partial charge on any atom is -0.352 e. The lowest BCUT2D eigenvalue weighted by atomic mass is 9.95. The third kappa shape index (κ3) is 8.79. The van der Waals surface area contributed by atoms with E-state index in [4.69, 9.17) is 11.6 Å². The summed E-state index contributed by atoms with van der Waals surface area (Å²) in [6.45, 7) is 3.28. The Balaban J connectivity index is 1.79. The van der Waals surface area contributed by atoms with Crippen LogP contribution in [0.25, 0.3) is 0 Å². The molecule has 1 fully saturated rings. The van der Waals surface area contributed by atoms with Crippen LogP contribution in [0.15, 0.2) is 42.5 Å². The molecule has 7 nitrogen and oxygen atoms in total. The van der Waals surface area contributed by atoms with E-state index in [1.165, 1.54) is 13.0 Å². The summed E-state index contributed by atoms with van der Waals surface area (Å²) in [4.78, 5) is 39.6. The molecule has 2 N–H and O–H groups in total. The van der Waals surface area contributed by atoms with Crippen molar-refractivity contribution in [1.29, 1.82) is 0 Å². The number of nitrogens with one attached hydrogen (secondary N) is 2. The predicted octanol–water partition coefficient (Wildman–Crippen LogP) is 5.23. The Labute approximate surface area is 232 Å². The zero-order chi connectivity index (χ0) is 28.7. The van der Waals surface area contributed by atoms with Crippen LogP contribution in [-0.2, 0) is 31.4 Å². The average molecular weight is 586 g/mol. The first kappa shape index (κ1) is 30.6. The van der Waals surface area contributed by atoms with Gasteiger partial charge in [-0.3, -0.25) is 23.5 Å². The maximum atomic E-state index is 13.6. The van der Waals surface area contributed by atoms with Gasteiger partial charge in [0.2, 0.25) is 17.7 Å². The van der Waals surface area contributed by atoms with Gasteiger partial charge in [0, 0.05) is 28.2 Å². The van der Waals surface area contributed by atoms with Crippen molar-refractivity contribution in [2.75, 3.05) is 21.7 Å². The molecule has 12 heteroatoms. The van der Waals surface area contributed by atoms with Crippen molar-refractivity contribution in [1.82, 2.24) is 5.32 Å². The number of benzene rings is 2. The Morgan fingerprint density at radius 2 is 1.69 bits per heavy atom. The Bertz CT molecular complexity index is 1220. The zero-order valence-electron chi connectivity index (χ0n) is 21.6. The number of halogens is 4. The molecule has 0 aromatic heterocycles. The van der Waals surface area contributed by atoms with Crippen LogP contribution in [0, 0.1) is 6.92 Å². The lowest BCUT2D eigenvalue weighted by Crippen LogP contribution is -2.52. The molecule has 39 heavy (non-hydrogen) atoms. The van der Waals surface area contributed by atoms with Gasteiger partial charge in [-0.1, -0.05) is 48.6 Å². The summed E-state index contributed by atoms with van der Waals surface area (Å²) in [5.41, 5.74) is 0.0891. The van der Waals surface area contributed by atoms with E-state index in [0.717, 1.165) is 48.6 Å². The van der Waals surface area contributed by atoms with Crippen LogP contribution in [0.1, 0.15) is 50.2 Å². The van der Waals surface area contributed by atoms with Gasteiger partial charge < -0.3 is 10.6 Å². The number of anilines is 2. The first-order chi connectivity index (χ1) is 18.3. The number of hydrogen-bond donors (Lipinski definition) is 2. The number of carbonyl (C=O) groups excluding carboxylic acids is 3. The molecule has 0 saturated heterocycles. The van der Waals surface area contributed by atoms with Gasteiger partial charge in [-0.25, -0.2) is 0 Å². The molecule has 3 amide bonds. The number of nitrogens with zero attached hydrogens (tertiary/aromatic N) is 1. The molecule has 0 heterocycles. The number of alkyl halides is 3. The summed E-state index contributed by atoms with van der Waals surface area (Å²) in [5.74, 6) is -3.18.